The third-order valence-corrected chi connectivity index (χ3v) is 5.11. The van der Waals surface area contributed by atoms with Crippen LogP contribution in [-0.2, 0) is 0 Å². The van der Waals surface area contributed by atoms with Crippen LogP contribution in [0.4, 0.5) is 0 Å². The van der Waals surface area contributed by atoms with Crippen molar-refractivity contribution >= 4 is 0 Å². The minimum atomic E-state index is 0.489. The molecule has 0 aromatic heterocycles. The summed E-state index contributed by atoms with van der Waals surface area (Å²) in [6.07, 6.45) is 11.0. The molecule has 0 saturated carbocycles. The summed E-state index contributed by atoms with van der Waals surface area (Å²) >= 11 is 0. The molecule has 2 rings (SSSR count). The van der Waals surface area contributed by atoms with Crippen LogP contribution in [0.3, 0.4) is 0 Å². The first-order valence-corrected chi connectivity index (χ1v) is 7.46. The van der Waals surface area contributed by atoms with Crippen molar-refractivity contribution in [3.63, 3.8) is 0 Å². The lowest BCUT2D eigenvalue weighted by Crippen LogP contribution is -2.47. The van der Waals surface area contributed by atoms with Gasteiger partial charge in [-0.05, 0) is 49.5 Å². The summed E-state index contributed by atoms with van der Waals surface area (Å²) in [5.74, 6) is 0.891. The van der Waals surface area contributed by atoms with Crippen LogP contribution < -0.4 is 0 Å². The van der Waals surface area contributed by atoms with E-state index >= 15 is 0 Å². The molecule has 1 nitrogen and oxygen atoms in total. The van der Waals surface area contributed by atoms with E-state index in [1.807, 2.05) is 0 Å². The lowest BCUT2D eigenvalue weighted by atomic mass is 9.73. The molecular weight excluding hydrogens is 206 g/mol. The Morgan fingerprint density at radius 3 is 2.24 bits per heavy atom. The number of piperidine rings is 1. The normalized spacial score (nSPS) is 29.9. The first kappa shape index (κ1) is 13.1. The van der Waals surface area contributed by atoms with Crippen LogP contribution >= 0.6 is 0 Å². The van der Waals surface area contributed by atoms with Gasteiger partial charge in [0.15, 0.2) is 0 Å². The zero-order valence-corrected chi connectivity index (χ0v) is 12.3. The number of hydrogen-bond donors (Lipinski definition) is 0. The number of nitrogens with zero attached hydrogens (tertiary/aromatic N) is 1. The maximum atomic E-state index is 2.59. The second-order valence-electron chi connectivity index (χ2n) is 7.44. The lowest BCUT2D eigenvalue weighted by Gasteiger charge is -2.42. The van der Waals surface area contributed by atoms with Crippen molar-refractivity contribution < 1.29 is 4.48 Å². The van der Waals surface area contributed by atoms with Gasteiger partial charge in [-0.1, -0.05) is 20.8 Å². The van der Waals surface area contributed by atoms with Crippen molar-refractivity contribution in [1.29, 1.82) is 0 Å². The van der Waals surface area contributed by atoms with Crippen LogP contribution in [0, 0.1) is 11.3 Å². The van der Waals surface area contributed by atoms with Crippen LogP contribution in [0.15, 0.2) is 11.8 Å². The molecule has 2 aliphatic rings. The molecule has 0 bridgehead atoms. The van der Waals surface area contributed by atoms with E-state index in [4.69, 9.17) is 0 Å². The molecule has 0 aromatic carbocycles. The molecule has 0 N–H and O–H groups in total. The minimum absolute atomic E-state index is 0.489. The van der Waals surface area contributed by atoms with Gasteiger partial charge in [-0.3, -0.25) is 4.48 Å². The average molecular weight is 236 g/mol. The molecule has 1 atom stereocenters. The SMILES string of the molecule is CC(C)(C)[C@@H]1CC=C([N+]2(C)CCCCC2)CC1. The Bertz CT molecular complexity index is 289. The van der Waals surface area contributed by atoms with Gasteiger partial charge in [0.2, 0.25) is 0 Å². The highest BCUT2D eigenvalue weighted by Gasteiger charge is 2.34. The fourth-order valence-electron chi connectivity index (χ4n) is 3.59. The molecule has 0 spiro atoms. The van der Waals surface area contributed by atoms with Crippen molar-refractivity contribution in [2.75, 3.05) is 20.1 Å². The Kier molecular flexibility index (Phi) is 3.68. The molecule has 1 heterocycles. The van der Waals surface area contributed by atoms with E-state index in [9.17, 15) is 0 Å². The molecule has 0 radical (unpaired) electrons. The highest BCUT2D eigenvalue weighted by molar-refractivity contribution is 5.02. The lowest BCUT2D eigenvalue weighted by molar-refractivity contribution is -0.879. The Labute approximate surface area is 107 Å². The van der Waals surface area contributed by atoms with E-state index in [1.54, 1.807) is 5.70 Å². The first-order valence-electron chi connectivity index (χ1n) is 7.46. The molecule has 1 heteroatoms. The maximum absolute atomic E-state index is 2.59. The molecule has 17 heavy (non-hydrogen) atoms. The number of allylic oxidation sites excluding steroid dienone is 2. The Morgan fingerprint density at radius 1 is 1.12 bits per heavy atom. The van der Waals surface area contributed by atoms with E-state index in [0.29, 0.717) is 5.41 Å². The Hall–Kier alpha value is -0.300. The maximum Gasteiger partial charge on any atom is 0.105 e. The predicted octanol–water partition coefficient (Wildman–Crippen LogP) is 4.35. The van der Waals surface area contributed by atoms with Crippen LogP contribution in [0.5, 0.6) is 0 Å². The van der Waals surface area contributed by atoms with Crippen LogP contribution in [0.25, 0.3) is 0 Å². The van der Waals surface area contributed by atoms with E-state index in [1.165, 1.54) is 56.1 Å². The third kappa shape index (κ3) is 2.93. The summed E-state index contributed by atoms with van der Waals surface area (Å²) in [5, 5.41) is 0. The fourth-order valence-corrected chi connectivity index (χ4v) is 3.59. The molecule has 0 amide bonds. The molecular formula is C16H30N+. The summed E-state index contributed by atoms with van der Waals surface area (Å²) in [5.41, 5.74) is 2.23. The summed E-state index contributed by atoms with van der Waals surface area (Å²) in [6.45, 7) is 9.95. The largest absolute Gasteiger partial charge is 0.297 e. The standard InChI is InChI=1S/C16H30N/c1-16(2,3)14-8-10-15(11-9-14)17(4)12-6-5-7-13-17/h10,14H,5-9,11-13H2,1-4H3/q+1/t14-/m1/s1. The minimum Gasteiger partial charge on any atom is -0.297 e. The summed E-state index contributed by atoms with van der Waals surface area (Å²) < 4.78 is 1.26. The summed E-state index contributed by atoms with van der Waals surface area (Å²) in [6, 6.07) is 0. The Balaban J connectivity index is 2.02. The van der Waals surface area contributed by atoms with E-state index < -0.39 is 0 Å². The summed E-state index contributed by atoms with van der Waals surface area (Å²) in [4.78, 5) is 0. The fraction of sp³-hybridized carbons (Fsp3) is 0.875. The second-order valence-corrected chi connectivity index (χ2v) is 7.44. The highest BCUT2D eigenvalue weighted by atomic mass is 15.3. The van der Waals surface area contributed by atoms with Crippen LogP contribution in [0.2, 0.25) is 0 Å². The van der Waals surface area contributed by atoms with Crippen LogP contribution in [0.1, 0.15) is 59.3 Å². The van der Waals surface area contributed by atoms with Gasteiger partial charge in [0.25, 0.3) is 0 Å². The highest BCUT2D eigenvalue weighted by Crippen LogP contribution is 2.39. The molecule has 1 aliphatic carbocycles. The van der Waals surface area contributed by atoms with Crippen molar-refractivity contribution in [3.05, 3.63) is 11.8 Å². The number of likely N-dealkylation sites (tertiary alicyclic amines) is 1. The quantitative estimate of drug-likeness (QED) is 0.594. The Morgan fingerprint density at radius 2 is 1.76 bits per heavy atom. The zero-order chi connectivity index (χ0) is 12.5. The van der Waals surface area contributed by atoms with Gasteiger partial charge in [-0.15, -0.1) is 0 Å². The molecule has 98 valence electrons. The topological polar surface area (TPSA) is 0 Å². The average Bonchev–Trinajstić information content (AvgIpc) is 2.29. The van der Waals surface area contributed by atoms with E-state index in [2.05, 4.69) is 33.9 Å². The molecule has 1 fully saturated rings. The van der Waals surface area contributed by atoms with Crippen molar-refractivity contribution in [2.24, 2.45) is 11.3 Å². The monoisotopic (exact) mass is 236 g/mol. The van der Waals surface area contributed by atoms with Crippen molar-refractivity contribution in [1.82, 2.24) is 0 Å². The number of quaternary nitrogens is 1. The molecule has 1 saturated heterocycles. The van der Waals surface area contributed by atoms with Gasteiger partial charge >= 0.3 is 0 Å². The van der Waals surface area contributed by atoms with Crippen LogP contribution in [-0.4, -0.2) is 24.6 Å². The van der Waals surface area contributed by atoms with Gasteiger partial charge in [0, 0.05) is 6.42 Å². The second kappa shape index (κ2) is 4.76. The van der Waals surface area contributed by atoms with Crippen molar-refractivity contribution in [3.8, 4) is 0 Å². The predicted molar refractivity (Wildman–Crippen MR) is 74.6 cm³/mol. The zero-order valence-electron chi connectivity index (χ0n) is 12.3. The number of rotatable bonds is 1. The van der Waals surface area contributed by atoms with Gasteiger partial charge in [-0.2, -0.15) is 0 Å². The van der Waals surface area contributed by atoms with E-state index in [0.717, 1.165) is 5.92 Å². The molecule has 0 aromatic rings. The third-order valence-electron chi connectivity index (χ3n) is 5.11. The van der Waals surface area contributed by atoms with Crippen molar-refractivity contribution in [2.45, 2.75) is 59.3 Å². The smallest absolute Gasteiger partial charge is 0.105 e. The van der Waals surface area contributed by atoms with Gasteiger partial charge in [0.05, 0.1) is 20.1 Å². The van der Waals surface area contributed by atoms with Gasteiger partial charge in [0.1, 0.15) is 5.70 Å². The van der Waals surface area contributed by atoms with Gasteiger partial charge in [-0.25, -0.2) is 0 Å². The summed E-state index contributed by atoms with van der Waals surface area (Å²) in [7, 11) is 2.46. The molecule has 0 unspecified atom stereocenters. The number of hydrogen-bond acceptors (Lipinski definition) is 0. The van der Waals surface area contributed by atoms with Gasteiger partial charge < -0.3 is 0 Å². The molecule has 1 aliphatic heterocycles. The van der Waals surface area contributed by atoms with E-state index in [-0.39, 0.29) is 0 Å². The first-order chi connectivity index (χ1) is 7.92.